The molecule has 0 unspecified atom stereocenters. The summed E-state index contributed by atoms with van der Waals surface area (Å²) in [6.45, 7) is 3.62. The molecule has 8 nitrogen and oxygen atoms in total. The highest BCUT2D eigenvalue weighted by atomic mass is 16.3. The third kappa shape index (κ3) is 2.44. The Hall–Kier alpha value is -2.74. The largest absolute Gasteiger partial charge is 0.387 e. The van der Waals surface area contributed by atoms with Crippen LogP contribution < -0.4 is 0 Å². The first-order valence-electron chi connectivity index (χ1n) is 8.00. The Morgan fingerprint density at radius 1 is 1.29 bits per heavy atom. The molecule has 0 saturated heterocycles. The van der Waals surface area contributed by atoms with Crippen molar-refractivity contribution >= 4 is 16.9 Å². The van der Waals surface area contributed by atoms with Gasteiger partial charge in [-0.15, -0.1) is 0 Å². The van der Waals surface area contributed by atoms with Gasteiger partial charge in [0.25, 0.3) is 5.91 Å². The molecule has 1 aliphatic heterocycles. The van der Waals surface area contributed by atoms with Crippen molar-refractivity contribution in [3.8, 4) is 0 Å². The Labute approximate surface area is 138 Å². The molecular formula is C16H18N6O2. The molecule has 0 bridgehead atoms. The van der Waals surface area contributed by atoms with E-state index < -0.39 is 6.10 Å². The average Bonchev–Trinajstić information content (AvgIpc) is 3.25. The van der Waals surface area contributed by atoms with E-state index in [0.29, 0.717) is 42.8 Å². The molecule has 24 heavy (non-hydrogen) atoms. The second kappa shape index (κ2) is 5.72. The number of H-pyrrole nitrogens is 1. The fourth-order valence-corrected chi connectivity index (χ4v) is 2.99. The number of benzene rings is 1. The molecule has 1 aromatic carbocycles. The fraction of sp³-hybridized carbons (Fsp3) is 0.375. The van der Waals surface area contributed by atoms with Crippen molar-refractivity contribution < 1.29 is 9.90 Å². The highest BCUT2D eigenvalue weighted by Gasteiger charge is 2.24. The summed E-state index contributed by atoms with van der Waals surface area (Å²) in [5, 5.41) is 24.9. The van der Waals surface area contributed by atoms with Crippen LogP contribution in [0.3, 0.4) is 0 Å². The van der Waals surface area contributed by atoms with E-state index in [-0.39, 0.29) is 5.91 Å². The maximum atomic E-state index is 12.8. The van der Waals surface area contributed by atoms with Crippen molar-refractivity contribution in [2.24, 2.45) is 0 Å². The number of fused-ring (bicyclic) bond motifs is 2. The lowest BCUT2D eigenvalue weighted by Gasteiger charge is -2.27. The number of aliphatic hydroxyl groups excluding tert-OH is 1. The van der Waals surface area contributed by atoms with Crippen LogP contribution >= 0.6 is 0 Å². The van der Waals surface area contributed by atoms with E-state index in [1.54, 1.807) is 23.1 Å². The molecule has 0 fully saturated rings. The standard InChI is InChI=1S/C16H18N6O2/c1-2-15(23)14-8-11-9-21(5-6-22(11)19-14)16(24)10-3-4-12-13(7-10)18-20-17-12/h3-4,7-8,15,23H,2,5-6,9H2,1H3,(H,17,18,20)/t15-/m1/s1. The third-order valence-corrected chi connectivity index (χ3v) is 4.40. The second-order valence-corrected chi connectivity index (χ2v) is 5.96. The highest BCUT2D eigenvalue weighted by molar-refractivity contribution is 5.97. The van der Waals surface area contributed by atoms with Gasteiger partial charge >= 0.3 is 0 Å². The number of rotatable bonds is 3. The normalized spacial score (nSPS) is 15.5. The fourth-order valence-electron chi connectivity index (χ4n) is 2.99. The number of amides is 1. The lowest BCUT2D eigenvalue weighted by Crippen LogP contribution is -2.38. The number of hydrogen-bond donors (Lipinski definition) is 2. The average molecular weight is 326 g/mol. The van der Waals surface area contributed by atoms with Gasteiger partial charge in [0.1, 0.15) is 11.0 Å². The van der Waals surface area contributed by atoms with Crippen molar-refractivity contribution in [3.63, 3.8) is 0 Å². The van der Waals surface area contributed by atoms with E-state index in [9.17, 15) is 9.90 Å². The van der Waals surface area contributed by atoms with Gasteiger partial charge < -0.3 is 10.0 Å². The first-order valence-corrected chi connectivity index (χ1v) is 8.00. The van der Waals surface area contributed by atoms with Gasteiger partial charge in [0.2, 0.25) is 0 Å². The van der Waals surface area contributed by atoms with Crippen LogP contribution in [0.25, 0.3) is 11.0 Å². The summed E-state index contributed by atoms with van der Waals surface area (Å²) in [5.74, 6) is -0.0371. The Morgan fingerprint density at radius 2 is 2.12 bits per heavy atom. The van der Waals surface area contributed by atoms with Crippen LogP contribution in [-0.2, 0) is 13.1 Å². The zero-order chi connectivity index (χ0) is 16.7. The molecule has 8 heteroatoms. The number of aliphatic hydroxyl groups is 1. The number of nitrogens with one attached hydrogen (secondary N) is 1. The van der Waals surface area contributed by atoms with E-state index in [1.165, 1.54) is 0 Å². The smallest absolute Gasteiger partial charge is 0.254 e. The van der Waals surface area contributed by atoms with Crippen molar-refractivity contribution in [1.29, 1.82) is 0 Å². The minimum Gasteiger partial charge on any atom is -0.387 e. The monoisotopic (exact) mass is 326 g/mol. The minimum absolute atomic E-state index is 0.0371. The third-order valence-electron chi connectivity index (χ3n) is 4.40. The number of aromatic nitrogens is 5. The summed E-state index contributed by atoms with van der Waals surface area (Å²) in [7, 11) is 0. The first kappa shape index (κ1) is 14.8. The summed E-state index contributed by atoms with van der Waals surface area (Å²) in [6.07, 6.45) is 0.0680. The van der Waals surface area contributed by atoms with Crippen molar-refractivity contribution in [2.45, 2.75) is 32.5 Å². The Morgan fingerprint density at radius 3 is 2.96 bits per heavy atom. The molecule has 124 valence electrons. The van der Waals surface area contributed by atoms with E-state index in [4.69, 9.17) is 0 Å². The van der Waals surface area contributed by atoms with Gasteiger partial charge in [0.15, 0.2) is 0 Å². The van der Waals surface area contributed by atoms with Crippen molar-refractivity contribution in [3.05, 3.63) is 41.2 Å². The molecule has 1 aliphatic rings. The molecule has 0 aliphatic carbocycles. The summed E-state index contributed by atoms with van der Waals surface area (Å²) in [4.78, 5) is 14.6. The minimum atomic E-state index is -0.554. The first-order chi connectivity index (χ1) is 11.7. The number of aromatic amines is 1. The molecule has 0 spiro atoms. The molecule has 0 radical (unpaired) electrons. The van der Waals surface area contributed by atoms with E-state index in [1.807, 2.05) is 17.7 Å². The summed E-state index contributed by atoms with van der Waals surface area (Å²) in [5.41, 5.74) is 3.63. The lowest BCUT2D eigenvalue weighted by molar-refractivity contribution is 0.0706. The van der Waals surface area contributed by atoms with E-state index in [2.05, 4.69) is 20.5 Å². The predicted octanol–water partition coefficient (Wildman–Crippen LogP) is 1.25. The van der Waals surface area contributed by atoms with Gasteiger partial charge in [-0.1, -0.05) is 6.92 Å². The van der Waals surface area contributed by atoms with Crippen LogP contribution in [-0.4, -0.2) is 47.6 Å². The molecule has 1 atom stereocenters. The van der Waals surface area contributed by atoms with Crippen LogP contribution in [0.2, 0.25) is 0 Å². The van der Waals surface area contributed by atoms with Crippen LogP contribution in [0.4, 0.5) is 0 Å². The lowest BCUT2D eigenvalue weighted by atomic mass is 10.1. The number of hydrogen-bond acceptors (Lipinski definition) is 5. The molecule has 2 aromatic heterocycles. The molecule has 0 saturated carbocycles. The van der Waals surface area contributed by atoms with Crippen LogP contribution in [0.15, 0.2) is 24.3 Å². The maximum Gasteiger partial charge on any atom is 0.254 e. The molecule has 1 amide bonds. The summed E-state index contributed by atoms with van der Waals surface area (Å²) < 4.78 is 1.87. The van der Waals surface area contributed by atoms with E-state index >= 15 is 0 Å². The number of carbonyl (C=O) groups excluding carboxylic acids is 1. The topological polar surface area (TPSA) is 99.9 Å². The Balaban J connectivity index is 1.57. The zero-order valence-electron chi connectivity index (χ0n) is 13.3. The quantitative estimate of drug-likeness (QED) is 0.754. The van der Waals surface area contributed by atoms with Crippen LogP contribution in [0.5, 0.6) is 0 Å². The highest BCUT2D eigenvalue weighted by Crippen LogP contribution is 2.21. The van der Waals surface area contributed by atoms with Gasteiger partial charge in [-0.2, -0.15) is 20.5 Å². The van der Waals surface area contributed by atoms with Crippen molar-refractivity contribution in [1.82, 2.24) is 30.1 Å². The van der Waals surface area contributed by atoms with Crippen LogP contribution in [0.1, 0.15) is 41.2 Å². The predicted molar refractivity (Wildman–Crippen MR) is 86.1 cm³/mol. The van der Waals surface area contributed by atoms with Gasteiger partial charge in [0, 0.05) is 12.1 Å². The van der Waals surface area contributed by atoms with E-state index in [0.717, 1.165) is 11.2 Å². The molecule has 2 N–H and O–H groups in total. The molecular weight excluding hydrogens is 308 g/mol. The zero-order valence-corrected chi connectivity index (χ0v) is 13.3. The van der Waals surface area contributed by atoms with Crippen LogP contribution in [0, 0.1) is 0 Å². The van der Waals surface area contributed by atoms with Gasteiger partial charge in [-0.25, -0.2) is 0 Å². The SMILES string of the molecule is CC[C@@H](O)c1cc2n(n1)CCN(C(=O)c1ccc3n[nH]nc3c1)C2. The van der Waals surface area contributed by atoms with Crippen molar-refractivity contribution in [2.75, 3.05) is 6.54 Å². The molecule has 3 aromatic rings. The number of carbonyl (C=O) groups is 1. The molecule has 4 rings (SSSR count). The number of nitrogens with zero attached hydrogens (tertiary/aromatic N) is 5. The summed E-state index contributed by atoms with van der Waals surface area (Å²) in [6, 6.07) is 7.19. The van der Waals surface area contributed by atoms with Gasteiger partial charge in [0.05, 0.1) is 30.6 Å². The molecule has 3 heterocycles. The Bertz CT molecular complexity index is 899. The van der Waals surface area contributed by atoms with Gasteiger partial charge in [-0.3, -0.25) is 9.48 Å². The Kier molecular flexibility index (Phi) is 3.53. The summed E-state index contributed by atoms with van der Waals surface area (Å²) >= 11 is 0. The van der Waals surface area contributed by atoms with Gasteiger partial charge in [-0.05, 0) is 30.7 Å². The maximum absolute atomic E-state index is 12.8. The second-order valence-electron chi connectivity index (χ2n) is 5.96.